The van der Waals surface area contributed by atoms with Crippen molar-refractivity contribution in [3.05, 3.63) is 41.5 Å². The van der Waals surface area contributed by atoms with Gasteiger partial charge in [-0.1, -0.05) is 43.3 Å². The minimum Gasteiger partial charge on any atom is -0.0833 e. The Balaban J connectivity index is 2.45. The summed E-state index contributed by atoms with van der Waals surface area (Å²) in [6.07, 6.45) is 6.99. The number of hydrogen-bond donors (Lipinski definition) is 0. The molecule has 0 saturated carbocycles. The van der Waals surface area contributed by atoms with Crippen molar-refractivity contribution in [2.24, 2.45) is 0 Å². The number of rotatable bonds is 1. The van der Waals surface area contributed by atoms with Gasteiger partial charge in [-0.2, -0.15) is 0 Å². The summed E-state index contributed by atoms with van der Waals surface area (Å²) in [6, 6.07) is 8.71. The highest BCUT2D eigenvalue weighted by Gasteiger charge is 2.13. The van der Waals surface area contributed by atoms with Gasteiger partial charge in [0.25, 0.3) is 0 Å². The van der Waals surface area contributed by atoms with Crippen LogP contribution in [0.5, 0.6) is 0 Å². The Morgan fingerprint density at radius 1 is 1.33 bits per heavy atom. The summed E-state index contributed by atoms with van der Waals surface area (Å²) in [5, 5.41) is 0. The second-order valence-electron chi connectivity index (χ2n) is 3.37. The normalized spacial score (nSPS) is 20.6. The number of fused-ring (bicyclic) bond motifs is 1. The quantitative estimate of drug-likeness (QED) is 0.585. The van der Waals surface area contributed by atoms with E-state index in [4.69, 9.17) is 0 Å². The third-order valence-corrected chi connectivity index (χ3v) is 2.65. The topological polar surface area (TPSA) is 0 Å². The molecular formula is C12H14. The summed E-state index contributed by atoms with van der Waals surface area (Å²) in [5.74, 6) is 0.756. The molecule has 2 rings (SSSR count). The Kier molecular flexibility index (Phi) is 1.99. The molecule has 0 saturated heterocycles. The van der Waals surface area contributed by atoms with Crippen LogP contribution in [0.15, 0.2) is 30.3 Å². The Labute approximate surface area is 73.9 Å². The van der Waals surface area contributed by atoms with E-state index in [2.05, 4.69) is 43.3 Å². The number of allylic oxidation sites excluding steroid dienone is 1. The lowest BCUT2D eigenvalue weighted by atomic mass is 9.86. The zero-order chi connectivity index (χ0) is 8.39. The van der Waals surface area contributed by atoms with E-state index in [-0.39, 0.29) is 0 Å². The van der Waals surface area contributed by atoms with E-state index in [0.717, 1.165) is 5.92 Å². The molecule has 0 aromatic heterocycles. The summed E-state index contributed by atoms with van der Waals surface area (Å²) in [5.41, 5.74) is 2.94. The van der Waals surface area contributed by atoms with Crippen molar-refractivity contribution in [3.8, 4) is 0 Å². The number of hydrogen-bond acceptors (Lipinski definition) is 0. The molecule has 1 aromatic rings. The Morgan fingerprint density at radius 2 is 2.17 bits per heavy atom. The molecule has 62 valence electrons. The van der Waals surface area contributed by atoms with Crippen molar-refractivity contribution in [2.75, 3.05) is 0 Å². The molecule has 12 heavy (non-hydrogen) atoms. The van der Waals surface area contributed by atoms with Crippen LogP contribution in [0, 0.1) is 0 Å². The maximum Gasteiger partial charge on any atom is -0.0124 e. The van der Waals surface area contributed by atoms with Crippen LogP contribution in [0.25, 0.3) is 6.08 Å². The minimum atomic E-state index is 0.756. The molecule has 0 amide bonds. The van der Waals surface area contributed by atoms with E-state index in [1.807, 2.05) is 0 Å². The first-order valence-corrected chi connectivity index (χ1v) is 4.67. The van der Waals surface area contributed by atoms with E-state index < -0.39 is 0 Å². The molecule has 0 N–H and O–H groups in total. The molecule has 0 radical (unpaired) electrons. The van der Waals surface area contributed by atoms with E-state index in [9.17, 15) is 0 Å². The maximum atomic E-state index is 2.29. The van der Waals surface area contributed by atoms with Crippen LogP contribution in [0.1, 0.15) is 36.8 Å². The molecule has 0 heterocycles. The van der Waals surface area contributed by atoms with Crippen molar-refractivity contribution in [2.45, 2.75) is 25.7 Å². The van der Waals surface area contributed by atoms with Crippen molar-refractivity contribution in [1.82, 2.24) is 0 Å². The van der Waals surface area contributed by atoms with Crippen LogP contribution in [0.3, 0.4) is 0 Å². The molecule has 0 nitrogen and oxygen atoms in total. The second kappa shape index (κ2) is 3.14. The lowest BCUT2D eigenvalue weighted by Crippen LogP contribution is -2.01. The van der Waals surface area contributed by atoms with Gasteiger partial charge in [-0.15, -0.1) is 0 Å². The van der Waals surface area contributed by atoms with Crippen molar-refractivity contribution < 1.29 is 0 Å². The number of benzene rings is 1. The lowest BCUT2D eigenvalue weighted by molar-refractivity contribution is 0.668. The molecular weight excluding hydrogens is 144 g/mol. The summed E-state index contributed by atoms with van der Waals surface area (Å²) >= 11 is 0. The summed E-state index contributed by atoms with van der Waals surface area (Å²) in [4.78, 5) is 0. The smallest absolute Gasteiger partial charge is 0.0124 e. The fourth-order valence-corrected chi connectivity index (χ4v) is 1.91. The molecule has 1 aromatic carbocycles. The zero-order valence-corrected chi connectivity index (χ0v) is 7.46. The average Bonchev–Trinajstić information content (AvgIpc) is 2.17. The third-order valence-electron chi connectivity index (χ3n) is 2.65. The highest BCUT2D eigenvalue weighted by atomic mass is 14.2. The maximum absolute atomic E-state index is 2.29. The first-order valence-electron chi connectivity index (χ1n) is 4.67. The van der Waals surface area contributed by atoms with E-state index in [1.54, 1.807) is 0 Å². The molecule has 1 aliphatic rings. The van der Waals surface area contributed by atoms with Crippen molar-refractivity contribution in [1.29, 1.82) is 0 Å². The van der Waals surface area contributed by atoms with Gasteiger partial charge in [0.05, 0.1) is 0 Å². The Morgan fingerprint density at radius 3 is 3.00 bits per heavy atom. The van der Waals surface area contributed by atoms with Gasteiger partial charge in [-0.05, 0) is 29.9 Å². The highest BCUT2D eigenvalue weighted by molar-refractivity contribution is 5.57. The average molecular weight is 158 g/mol. The zero-order valence-electron chi connectivity index (χ0n) is 7.46. The standard InChI is InChI=1S/C12H14/c1-2-10-7-5-8-11-6-3-4-9-12(10)11/h3-6,8-10H,2,7H2,1H3. The summed E-state index contributed by atoms with van der Waals surface area (Å²) in [7, 11) is 0. The van der Waals surface area contributed by atoms with Gasteiger partial charge in [-0.25, -0.2) is 0 Å². The van der Waals surface area contributed by atoms with E-state index >= 15 is 0 Å². The van der Waals surface area contributed by atoms with Gasteiger partial charge in [-0.3, -0.25) is 0 Å². The molecule has 1 atom stereocenters. The van der Waals surface area contributed by atoms with Crippen molar-refractivity contribution >= 4 is 6.08 Å². The molecule has 0 spiro atoms. The van der Waals surface area contributed by atoms with Crippen LogP contribution in [0.2, 0.25) is 0 Å². The predicted octanol–water partition coefficient (Wildman–Crippen LogP) is 3.60. The summed E-state index contributed by atoms with van der Waals surface area (Å²) in [6.45, 7) is 2.26. The Bertz CT molecular complexity index is 297. The van der Waals surface area contributed by atoms with E-state index in [0.29, 0.717) is 0 Å². The van der Waals surface area contributed by atoms with E-state index in [1.165, 1.54) is 24.0 Å². The second-order valence-corrected chi connectivity index (χ2v) is 3.37. The van der Waals surface area contributed by atoms with Crippen LogP contribution < -0.4 is 0 Å². The molecule has 0 fully saturated rings. The van der Waals surface area contributed by atoms with Crippen LogP contribution >= 0.6 is 0 Å². The lowest BCUT2D eigenvalue weighted by Gasteiger charge is -2.19. The van der Waals surface area contributed by atoms with Gasteiger partial charge < -0.3 is 0 Å². The fraction of sp³-hybridized carbons (Fsp3) is 0.333. The first kappa shape index (κ1) is 7.60. The third kappa shape index (κ3) is 1.18. The van der Waals surface area contributed by atoms with Crippen molar-refractivity contribution in [3.63, 3.8) is 0 Å². The minimum absolute atomic E-state index is 0.756. The largest absolute Gasteiger partial charge is 0.0833 e. The van der Waals surface area contributed by atoms with Gasteiger partial charge in [0, 0.05) is 0 Å². The van der Waals surface area contributed by atoms with Gasteiger partial charge in [0.2, 0.25) is 0 Å². The molecule has 0 heteroatoms. The van der Waals surface area contributed by atoms with Crippen LogP contribution in [0.4, 0.5) is 0 Å². The molecule has 0 aliphatic heterocycles. The molecule has 1 aliphatic carbocycles. The summed E-state index contributed by atoms with van der Waals surface area (Å²) < 4.78 is 0. The van der Waals surface area contributed by atoms with Gasteiger partial charge in [0.15, 0.2) is 0 Å². The van der Waals surface area contributed by atoms with Crippen LogP contribution in [-0.4, -0.2) is 0 Å². The first-order chi connectivity index (χ1) is 5.92. The Hall–Kier alpha value is -1.04. The van der Waals surface area contributed by atoms with Gasteiger partial charge in [0.1, 0.15) is 0 Å². The monoisotopic (exact) mass is 158 g/mol. The fourth-order valence-electron chi connectivity index (χ4n) is 1.91. The highest BCUT2D eigenvalue weighted by Crippen LogP contribution is 2.31. The molecule has 1 unspecified atom stereocenters. The van der Waals surface area contributed by atoms with Gasteiger partial charge >= 0.3 is 0 Å². The SMILES string of the molecule is CCC1CC=Cc2ccccc21. The molecule has 0 bridgehead atoms. The van der Waals surface area contributed by atoms with Crippen LogP contribution in [-0.2, 0) is 0 Å². The predicted molar refractivity (Wildman–Crippen MR) is 53.1 cm³/mol.